The van der Waals surface area contributed by atoms with Crippen LogP contribution in [0, 0.1) is 0 Å². The molecule has 26 heavy (non-hydrogen) atoms. The van der Waals surface area contributed by atoms with Crippen LogP contribution in [0.3, 0.4) is 0 Å². The Bertz CT molecular complexity index is 834. The fourth-order valence-corrected chi connectivity index (χ4v) is 3.26. The molecular weight excluding hydrogens is 322 g/mol. The van der Waals surface area contributed by atoms with Gasteiger partial charge in [0, 0.05) is 11.8 Å². The molecule has 0 spiro atoms. The molecule has 3 rings (SSSR count). The number of benzene rings is 2. The number of nitrogens with two attached hydrogens (primary N) is 2. The van der Waals surface area contributed by atoms with Crippen LogP contribution in [0.4, 0.5) is 11.4 Å². The van der Waals surface area contributed by atoms with E-state index in [1.54, 1.807) is 24.4 Å². The second-order valence-electron chi connectivity index (χ2n) is 6.58. The molecule has 5 N–H and O–H groups in total. The number of hydrogen-bond donors (Lipinski definition) is 3. The Kier molecular flexibility index (Phi) is 5.18. The first-order valence-electron chi connectivity index (χ1n) is 8.53. The van der Waals surface area contributed by atoms with E-state index in [2.05, 4.69) is 10.3 Å². The molecule has 2 aromatic carbocycles. The summed E-state index contributed by atoms with van der Waals surface area (Å²) < 4.78 is 0. The summed E-state index contributed by atoms with van der Waals surface area (Å²) >= 11 is 0. The highest BCUT2D eigenvalue weighted by Gasteiger charge is 2.31. The molecule has 4 radical (unpaired) electrons. The van der Waals surface area contributed by atoms with E-state index in [0.29, 0.717) is 11.3 Å². The molecule has 0 saturated carbocycles. The highest BCUT2D eigenvalue weighted by atomic mass is 16.1. The summed E-state index contributed by atoms with van der Waals surface area (Å²) in [5, 5.41) is 2.27. The predicted octanol–water partition coefficient (Wildman–Crippen LogP) is 1.58. The van der Waals surface area contributed by atoms with Crippen molar-refractivity contribution >= 4 is 39.2 Å². The van der Waals surface area contributed by atoms with Gasteiger partial charge in [-0.25, -0.2) is 0 Å². The Morgan fingerprint density at radius 1 is 1.23 bits per heavy atom. The van der Waals surface area contributed by atoms with Gasteiger partial charge in [0.05, 0.1) is 32.6 Å². The molecule has 128 valence electrons. The number of carbonyl (C=O) groups excluding carboxylic acids is 1. The van der Waals surface area contributed by atoms with Crippen molar-refractivity contribution in [2.75, 3.05) is 12.3 Å². The van der Waals surface area contributed by atoms with Crippen LogP contribution in [0.1, 0.15) is 40.2 Å². The number of hydrogen-bond acceptors (Lipinski definition) is 4. The van der Waals surface area contributed by atoms with Gasteiger partial charge in [0.15, 0.2) is 0 Å². The van der Waals surface area contributed by atoms with Gasteiger partial charge in [-0.1, -0.05) is 24.3 Å². The topological polar surface area (TPSA) is 93.5 Å². The lowest BCUT2D eigenvalue weighted by Crippen LogP contribution is -2.54. The lowest BCUT2D eigenvalue weighted by atomic mass is 9.51. The SMILES string of the molecule is [B]C1([B])NCCC[C@H]1c1ccc(N=Cc2cccc(C(N)=O)c2N)cc1. The van der Waals surface area contributed by atoms with Crippen molar-refractivity contribution in [2.45, 2.75) is 24.1 Å². The number of nitrogens with one attached hydrogen (secondary N) is 1. The largest absolute Gasteiger partial charge is 0.398 e. The van der Waals surface area contributed by atoms with Crippen LogP contribution in [0.25, 0.3) is 0 Å². The molecule has 0 aromatic heterocycles. The molecular formula is C19H20B2N4O. The standard InChI is InChI=1S/C19H20B2N4O/c20-19(21)16(5-2-10-25-19)12-6-8-14(9-7-12)24-11-13-3-1-4-15(17(13)22)18(23)26/h1,3-4,6-9,11,16,25H,2,5,10,22H2,(H2,23,26)/t16-/m0/s1. The fourth-order valence-electron chi connectivity index (χ4n) is 3.26. The molecule has 1 amide bonds. The minimum atomic E-state index is -0.896. The quantitative estimate of drug-likeness (QED) is 0.447. The second kappa shape index (κ2) is 7.38. The Hall–Kier alpha value is -2.53. The Balaban J connectivity index is 1.79. The Labute approximate surface area is 156 Å². The molecule has 1 fully saturated rings. The number of nitrogen functional groups attached to an aromatic ring is 1. The van der Waals surface area contributed by atoms with Crippen LogP contribution >= 0.6 is 0 Å². The average Bonchev–Trinajstić information content (AvgIpc) is 2.61. The normalized spacial score (nSPS) is 19.5. The van der Waals surface area contributed by atoms with Crippen molar-refractivity contribution in [2.24, 2.45) is 10.7 Å². The number of anilines is 1. The lowest BCUT2D eigenvalue weighted by molar-refractivity contribution is 0.100. The molecule has 1 aliphatic heterocycles. The smallest absolute Gasteiger partial charge is 0.250 e. The van der Waals surface area contributed by atoms with Gasteiger partial charge in [-0.05, 0) is 54.4 Å². The molecule has 1 atom stereocenters. The van der Waals surface area contributed by atoms with E-state index < -0.39 is 11.2 Å². The van der Waals surface area contributed by atoms with Crippen molar-refractivity contribution in [3.8, 4) is 0 Å². The maximum absolute atomic E-state index is 11.4. The van der Waals surface area contributed by atoms with Gasteiger partial charge in [0.25, 0.3) is 5.91 Å². The summed E-state index contributed by atoms with van der Waals surface area (Å²) in [7, 11) is 12.3. The molecule has 5 nitrogen and oxygen atoms in total. The van der Waals surface area contributed by atoms with Gasteiger partial charge < -0.3 is 16.8 Å². The van der Waals surface area contributed by atoms with Crippen LogP contribution in [-0.4, -0.2) is 39.7 Å². The Morgan fingerprint density at radius 3 is 2.62 bits per heavy atom. The predicted molar refractivity (Wildman–Crippen MR) is 107 cm³/mol. The van der Waals surface area contributed by atoms with Crippen molar-refractivity contribution in [1.82, 2.24) is 5.32 Å². The van der Waals surface area contributed by atoms with Crippen LogP contribution in [-0.2, 0) is 0 Å². The third-order valence-electron chi connectivity index (χ3n) is 4.73. The molecule has 7 heteroatoms. The van der Waals surface area contributed by atoms with Crippen LogP contribution in [0.15, 0.2) is 47.5 Å². The second-order valence-corrected chi connectivity index (χ2v) is 6.58. The molecule has 0 aliphatic carbocycles. The molecule has 1 heterocycles. The lowest BCUT2D eigenvalue weighted by Gasteiger charge is -2.41. The zero-order chi connectivity index (χ0) is 18.7. The van der Waals surface area contributed by atoms with Crippen molar-refractivity contribution in [3.63, 3.8) is 0 Å². The fraction of sp³-hybridized carbons (Fsp3) is 0.263. The van der Waals surface area contributed by atoms with E-state index in [4.69, 9.17) is 27.2 Å². The minimum absolute atomic E-state index is 0.0529. The number of aliphatic imine (C=N–C) groups is 1. The van der Waals surface area contributed by atoms with Gasteiger partial charge in [-0.3, -0.25) is 9.79 Å². The van der Waals surface area contributed by atoms with E-state index in [1.165, 1.54) is 0 Å². The highest BCUT2D eigenvalue weighted by Crippen LogP contribution is 2.32. The summed E-state index contributed by atoms with van der Waals surface area (Å²) in [6.45, 7) is 0.831. The highest BCUT2D eigenvalue weighted by molar-refractivity contribution is 6.40. The van der Waals surface area contributed by atoms with Crippen LogP contribution in [0.5, 0.6) is 0 Å². The van der Waals surface area contributed by atoms with Crippen molar-refractivity contribution in [3.05, 3.63) is 59.2 Å². The van der Waals surface area contributed by atoms with Gasteiger partial charge >= 0.3 is 0 Å². The number of rotatable bonds is 4. The van der Waals surface area contributed by atoms with Crippen molar-refractivity contribution < 1.29 is 4.79 Å². The number of para-hydroxylation sites is 1. The summed E-state index contributed by atoms with van der Waals surface area (Å²) in [5.41, 5.74) is 14.4. The summed E-state index contributed by atoms with van der Waals surface area (Å²) in [6, 6.07) is 12.9. The van der Waals surface area contributed by atoms with Gasteiger partial charge in [-0.2, -0.15) is 0 Å². The number of piperidine rings is 1. The monoisotopic (exact) mass is 342 g/mol. The van der Waals surface area contributed by atoms with E-state index in [1.807, 2.05) is 24.3 Å². The zero-order valence-corrected chi connectivity index (χ0v) is 14.5. The zero-order valence-electron chi connectivity index (χ0n) is 14.5. The first-order chi connectivity index (χ1) is 12.4. The van der Waals surface area contributed by atoms with E-state index in [-0.39, 0.29) is 11.5 Å². The van der Waals surface area contributed by atoms with Crippen molar-refractivity contribution in [1.29, 1.82) is 0 Å². The third-order valence-corrected chi connectivity index (χ3v) is 4.73. The molecule has 0 bridgehead atoms. The number of amides is 1. The minimum Gasteiger partial charge on any atom is -0.398 e. The molecule has 1 aliphatic rings. The number of primary amides is 1. The maximum Gasteiger partial charge on any atom is 0.250 e. The van der Waals surface area contributed by atoms with Gasteiger partial charge in [-0.15, -0.1) is 0 Å². The number of nitrogens with zero attached hydrogens (tertiary/aromatic N) is 1. The van der Waals surface area contributed by atoms with E-state index >= 15 is 0 Å². The molecule has 0 unspecified atom stereocenters. The Morgan fingerprint density at radius 2 is 1.96 bits per heavy atom. The average molecular weight is 342 g/mol. The van der Waals surface area contributed by atoms with E-state index in [0.717, 1.165) is 30.6 Å². The van der Waals surface area contributed by atoms with Crippen LogP contribution in [0.2, 0.25) is 0 Å². The summed E-state index contributed by atoms with van der Waals surface area (Å²) in [5.74, 6) is -0.507. The summed E-state index contributed by atoms with van der Waals surface area (Å²) in [4.78, 5) is 15.8. The van der Waals surface area contributed by atoms with Gasteiger partial charge in [0.1, 0.15) is 0 Å². The third kappa shape index (κ3) is 3.83. The molecule has 2 aromatic rings. The van der Waals surface area contributed by atoms with E-state index in [9.17, 15) is 4.79 Å². The number of carbonyl (C=O) groups is 1. The molecule has 1 saturated heterocycles. The van der Waals surface area contributed by atoms with Gasteiger partial charge in [0.2, 0.25) is 0 Å². The first kappa shape index (κ1) is 18.3. The summed E-state index contributed by atoms with van der Waals surface area (Å²) in [6.07, 6.45) is 3.60. The maximum atomic E-state index is 11.4. The first-order valence-corrected chi connectivity index (χ1v) is 8.53. The van der Waals surface area contributed by atoms with Crippen LogP contribution < -0.4 is 16.8 Å².